The van der Waals surface area contributed by atoms with E-state index in [1.165, 1.54) is 38.2 Å². The number of carbonyl (C=O) groups is 1. The minimum absolute atomic E-state index is 0.00823. The number of aliphatic hydroxyl groups excluding tert-OH is 1. The summed E-state index contributed by atoms with van der Waals surface area (Å²) in [5.41, 5.74) is -0.00823. The highest BCUT2D eigenvalue weighted by Gasteiger charge is 2.24. The Morgan fingerprint density at radius 1 is 1.28 bits per heavy atom. The lowest BCUT2D eigenvalue weighted by Crippen LogP contribution is -2.20. The number of ketones is 1. The Labute approximate surface area is 111 Å². The molecule has 0 amide bonds. The monoisotopic (exact) mass is 252 g/mol. The van der Waals surface area contributed by atoms with Crippen molar-refractivity contribution in [2.75, 3.05) is 0 Å². The van der Waals surface area contributed by atoms with Crippen molar-refractivity contribution in [1.82, 2.24) is 0 Å². The summed E-state index contributed by atoms with van der Waals surface area (Å²) in [7, 11) is 0. The zero-order valence-electron chi connectivity index (χ0n) is 12.3. The van der Waals surface area contributed by atoms with E-state index in [4.69, 9.17) is 0 Å². The van der Waals surface area contributed by atoms with E-state index in [2.05, 4.69) is 20.8 Å². The van der Waals surface area contributed by atoms with E-state index in [0.717, 1.165) is 0 Å². The van der Waals surface area contributed by atoms with Crippen molar-refractivity contribution < 1.29 is 9.90 Å². The first-order valence-corrected chi connectivity index (χ1v) is 7.24. The molecule has 0 aromatic rings. The molecule has 1 aliphatic rings. The smallest absolute Gasteiger partial charge is 0.159 e. The summed E-state index contributed by atoms with van der Waals surface area (Å²) in [6, 6.07) is 0. The van der Waals surface area contributed by atoms with E-state index in [9.17, 15) is 9.90 Å². The van der Waals surface area contributed by atoms with Crippen molar-refractivity contribution in [1.29, 1.82) is 0 Å². The molecule has 104 valence electrons. The molecule has 18 heavy (non-hydrogen) atoms. The number of hydrogen-bond donors (Lipinski definition) is 1. The van der Waals surface area contributed by atoms with Crippen LogP contribution in [-0.4, -0.2) is 10.9 Å². The van der Waals surface area contributed by atoms with E-state index in [0.29, 0.717) is 12.3 Å². The lowest BCUT2D eigenvalue weighted by molar-refractivity contribution is -0.115. The number of carbonyl (C=O) groups excluding carboxylic acids is 1. The van der Waals surface area contributed by atoms with Crippen LogP contribution in [0.4, 0.5) is 0 Å². The van der Waals surface area contributed by atoms with Gasteiger partial charge in [0.15, 0.2) is 5.78 Å². The van der Waals surface area contributed by atoms with Crippen LogP contribution in [0.25, 0.3) is 0 Å². The summed E-state index contributed by atoms with van der Waals surface area (Å²) in [5.74, 6) is 0.895. The summed E-state index contributed by atoms with van der Waals surface area (Å²) in [4.78, 5) is 11.9. The zero-order chi connectivity index (χ0) is 13.8. The van der Waals surface area contributed by atoms with Gasteiger partial charge in [-0.05, 0) is 11.3 Å². The molecule has 0 spiro atoms. The van der Waals surface area contributed by atoms with Crippen LogP contribution in [0.3, 0.4) is 0 Å². The van der Waals surface area contributed by atoms with Gasteiger partial charge in [0, 0.05) is 18.4 Å². The molecule has 1 N–H and O–H groups in total. The van der Waals surface area contributed by atoms with E-state index in [1.807, 2.05) is 6.92 Å². The molecular weight excluding hydrogens is 224 g/mol. The van der Waals surface area contributed by atoms with Gasteiger partial charge in [0.2, 0.25) is 0 Å². The molecule has 1 saturated carbocycles. The third-order valence-electron chi connectivity index (χ3n) is 4.27. The van der Waals surface area contributed by atoms with Gasteiger partial charge < -0.3 is 5.11 Å². The van der Waals surface area contributed by atoms with Crippen LogP contribution in [0.1, 0.15) is 66.2 Å². The predicted octanol–water partition coefficient (Wildman–Crippen LogP) is 4.65. The molecule has 1 fully saturated rings. The normalized spacial score (nSPS) is 20.8. The first kappa shape index (κ1) is 15.3. The van der Waals surface area contributed by atoms with Crippen LogP contribution in [0.15, 0.2) is 11.8 Å². The second-order valence-corrected chi connectivity index (χ2v) is 6.83. The Morgan fingerprint density at radius 2 is 1.83 bits per heavy atom. The molecule has 0 heterocycles. The Balaban J connectivity index is 2.51. The molecule has 2 heteroatoms. The largest absolute Gasteiger partial charge is 0.512 e. The quantitative estimate of drug-likeness (QED) is 0.584. The summed E-state index contributed by atoms with van der Waals surface area (Å²) in [6.45, 7) is 8.20. The fraction of sp³-hybridized carbons (Fsp3) is 0.812. The SMILES string of the molecule is CC(/C(O)=C/C(=O)CC1CCCCC1)C(C)(C)C. The second-order valence-electron chi connectivity index (χ2n) is 6.83. The Bertz CT molecular complexity index is 304. The molecule has 1 atom stereocenters. The van der Waals surface area contributed by atoms with Gasteiger partial charge in [-0.15, -0.1) is 0 Å². The summed E-state index contributed by atoms with van der Waals surface area (Å²) in [5, 5.41) is 9.99. The fourth-order valence-corrected chi connectivity index (χ4v) is 2.47. The first-order valence-electron chi connectivity index (χ1n) is 7.24. The number of rotatable bonds is 4. The van der Waals surface area contributed by atoms with Crippen molar-refractivity contribution in [3.63, 3.8) is 0 Å². The van der Waals surface area contributed by atoms with Gasteiger partial charge in [-0.3, -0.25) is 4.79 Å². The Kier molecular flexibility index (Phi) is 5.43. The maximum Gasteiger partial charge on any atom is 0.159 e. The standard InChI is InChI=1S/C16H28O2/c1-12(16(2,3)4)15(18)11-14(17)10-13-8-6-5-7-9-13/h11-13,18H,5-10H2,1-4H3/b15-11-. The van der Waals surface area contributed by atoms with Crippen LogP contribution in [0.2, 0.25) is 0 Å². The number of allylic oxidation sites excluding steroid dienone is 2. The van der Waals surface area contributed by atoms with Crippen molar-refractivity contribution in [2.24, 2.45) is 17.3 Å². The average molecular weight is 252 g/mol. The van der Waals surface area contributed by atoms with Crippen molar-refractivity contribution >= 4 is 5.78 Å². The van der Waals surface area contributed by atoms with Crippen molar-refractivity contribution in [2.45, 2.75) is 66.2 Å². The molecule has 0 aromatic heterocycles. The van der Waals surface area contributed by atoms with Gasteiger partial charge >= 0.3 is 0 Å². The Morgan fingerprint density at radius 3 is 2.33 bits per heavy atom. The zero-order valence-corrected chi connectivity index (χ0v) is 12.3. The molecule has 0 bridgehead atoms. The molecule has 0 saturated heterocycles. The van der Waals surface area contributed by atoms with Crippen LogP contribution in [0, 0.1) is 17.3 Å². The lowest BCUT2D eigenvalue weighted by atomic mass is 9.80. The molecule has 0 aliphatic heterocycles. The van der Waals surface area contributed by atoms with E-state index >= 15 is 0 Å². The average Bonchev–Trinajstić information content (AvgIpc) is 2.27. The summed E-state index contributed by atoms with van der Waals surface area (Å²) >= 11 is 0. The third kappa shape index (κ3) is 4.83. The highest BCUT2D eigenvalue weighted by atomic mass is 16.3. The molecule has 2 nitrogen and oxygen atoms in total. The molecule has 1 unspecified atom stereocenters. The van der Waals surface area contributed by atoms with Crippen LogP contribution in [-0.2, 0) is 4.79 Å². The van der Waals surface area contributed by atoms with E-state index < -0.39 is 0 Å². The maximum atomic E-state index is 11.9. The van der Waals surface area contributed by atoms with Gasteiger partial charge in [-0.1, -0.05) is 59.8 Å². The topological polar surface area (TPSA) is 37.3 Å². The van der Waals surface area contributed by atoms with E-state index in [1.54, 1.807) is 0 Å². The lowest BCUT2D eigenvalue weighted by Gasteiger charge is -2.26. The van der Waals surface area contributed by atoms with E-state index in [-0.39, 0.29) is 22.9 Å². The summed E-state index contributed by atoms with van der Waals surface area (Å²) < 4.78 is 0. The highest BCUT2D eigenvalue weighted by Crippen LogP contribution is 2.31. The maximum absolute atomic E-state index is 11.9. The highest BCUT2D eigenvalue weighted by molar-refractivity contribution is 5.90. The molecule has 1 aliphatic carbocycles. The van der Waals surface area contributed by atoms with Gasteiger partial charge in [-0.25, -0.2) is 0 Å². The number of hydrogen-bond acceptors (Lipinski definition) is 2. The van der Waals surface area contributed by atoms with Gasteiger partial charge in [-0.2, -0.15) is 0 Å². The fourth-order valence-electron chi connectivity index (χ4n) is 2.47. The molecule has 0 aromatic carbocycles. The van der Waals surface area contributed by atoms with Gasteiger partial charge in [0.1, 0.15) is 0 Å². The van der Waals surface area contributed by atoms with Gasteiger partial charge in [0.25, 0.3) is 0 Å². The van der Waals surface area contributed by atoms with Crippen LogP contribution < -0.4 is 0 Å². The predicted molar refractivity (Wildman–Crippen MR) is 75.5 cm³/mol. The van der Waals surface area contributed by atoms with Crippen LogP contribution in [0.5, 0.6) is 0 Å². The number of aliphatic hydroxyl groups is 1. The molecule has 0 radical (unpaired) electrons. The molecular formula is C16H28O2. The van der Waals surface area contributed by atoms with Crippen molar-refractivity contribution in [3.8, 4) is 0 Å². The van der Waals surface area contributed by atoms with Gasteiger partial charge in [0.05, 0.1) is 5.76 Å². The van der Waals surface area contributed by atoms with Crippen molar-refractivity contribution in [3.05, 3.63) is 11.8 Å². The minimum atomic E-state index is -0.00823. The third-order valence-corrected chi connectivity index (χ3v) is 4.27. The summed E-state index contributed by atoms with van der Waals surface area (Å²) in [6.07, 6.45) is 8.25. The first-order chi connectivity index (χ1) is 8.30. The minimum Gasteiger partial charge on any atom is -0.512 e. The van der Waals surface area contributed by atoms with Crippen LogP contribution >= 0.6 is 0 Å². The second kappa shape index (κ2) is 6.40. The molecule has 1 rings (SSSR count). The Hall–Kier alpha value is -0.790.